The minimum atomic E-state index is -0.0346. The van der Waals surface area contributed by atoms with Crippen LogP contribution in [0.4, 0.5) is 23.4 Å². The van der Waals surface area contributed by atoms with Crippen LogP contribution in [-0.2, 0) is 4.79 Å². The monoisotopic (exact) mass is 500 g/mol. The molecule has 1 atom stereocenters. The van der Waals surface area contributed by atoms with E-state index in [0.717, 1.165) is 48.8 Å². The Kier molecular flexibility index (Phi) is 6.13. The molecule has 2 aliphatic rings. The maximum atomic E-state index is 11.2. The van der Waals surface area contributed by atoms with Gasteiger partial charge in [-0.15, -0.1) is 0 Å². The molecule has 0 radical (unpaired) electrons. The Morgan fingerprint density at radius 3 is 2.70 bits per heavy atom. The average molecular weight is 501 g/mol. The van der Waals surface area contributed by atoms with E-state index in [-0.39, 0.29) is 6.04 Å². The summed E-state index contributed by atoms with van der Waals surface area (Å²) in [6.07, 6.45) is 4.54. The molecule has 1 amide bonds. The lowest BCUT2D eigenvalue weighted by atomic mass is 10.1. The molecule has 12 heteroatoms. The summed E-state index contributed by atoms with van der Waals surface area (Å²) < 4.78 is 5.79. The first kappa shape index (κ1) is 23.0. The van der Waals surface area contributed by atoms with Crippen molar-refractivity contribution in [3.63, 3.8) is 0 Å². The lowest BCUT2D eigenvalue weighted by Crippen LogP contribution is -2.46. The summed E-state index contributed by atoms with van der Waals surface area (Å²) in [5.41, 5.74) is 2.44. The molecule has 6 rings (SSSR count). The van der Waals surface area contributed by atoms with Gasteiger partial charge in [0.1, 0.15) is 17.3 Å². The summed E-state index contributed by atoms with van der Waals surface area (Å²) >= 11 is 0. The zero-order valence-electron chi connectivity index (χ0n) is 20.5. The number of amides is 1. The molecule has 190 valence electrons. The molecule has 37 heavy (non-hydrogen) atoms. The first-order chi connectivity index (χ1) is 18.2. The highest BCUT2D eigenvalue weighted by atomic mass is 16.5. The first-order valence-corrected chi connectivity index (χ1v) is 12.4. The second-order valence-electron chi connectivity index (χ2n) is 9.28. The Labute approximate surface area is 213 Å². The molecule has 0 spiro atoms. The van der Waals surface area contributed by atoms with E-state index in [2.05, 4.69) is 35.5 Å². The Morgan fingerprint density at radius 2 is 1.95 bits per heavy atom. The molecule has 4 aromatic heterocycles. The van der Waals surface area contributed by atoms with Gasteiger partial charge in [0.2, 0.25) is 12.4 Å². The van der Waals surface area contributed by atoms with Crippen molar-refractivity contribution in [2.24, 2.45) is 0 Å². The van der Waals surface area contributed by atoms with E-state index in [1.165, 1.54) is 0 Å². The van der Waals surface area contributed by atoms with Crippen molar-refractivity contribution < 1.29 is 9.32 Å². The molecule has 0 aliphatic carbocycles. The molecule has 4 aromatic rings. The van der Waals surface area contributed by atoms with E-state index in [0.29, 0.717) is 49.5 Å². The van der Waals surface area contributed by atoms with Crippen LogP contribution in [-0.4, -0.2) is 74.3 Å². The molecule has 2 N–H and O–H groups in total. The number of pyridine rings is 1. The number of carbonyl (C=O) groups is 1. The number of nitrogens with zero attached hydrogens (tertiary/aromatic N) is 8. The van der Waals surface area contributed by atoms with Crippen LogP contribution in [0, 0.1) is 6.92 Å². The fraction of sp³-hybridized carbons (Fsp3) is 0.360. The van der Waals surface area contributed by atoms with Crippen LogP contribution < -0.4 is 15.1 Å². The van der Waals surface area contributed by atoms with Crippen LogP contribution in [0.1, 0.15) is 30.3 Å². The van der Waals surface area contributed by atoms with E-state index in [1.54, 1.807) is 11.1 Å². The van der Waals surface area contributed by atoms with Gasteiger partial charge in [0, 0.05) is 62.8 Å². The van der Waals surface area contributed by atoms with Crippen molar-refractivity contribution in [3.8, 4) is 11.4 Å². The van der Waals surface area contributed by atoms with E-state index in [9.17, 15) is 4.79 Å². The zero-order valence-corrected chi connectivity index (χ0v) is 20.5. The number of aromatic nitrogens is 6. The molecule has 6 heterocycles. The maximum absolute atomic E-state index is 11.2. The number of anilines is 4. The predicted octanol–water partition coefficient (Wildman–Crippen LogP) is 2.92. The fourth-order valence-electron chi connectivity index (χ4n) is 4.83. The molecular formula is C25H28N10O2. The number of aromatic amines is 1. The lowest BCUT2D eigenvalue weighted by Gasteiger charge is -2.34. The van der Waals surface area contributed by atoms with Gasteiger partial charge < -0.3 is 24.5 Å². The Balaban J connectivity index is 1.31. The van der Waals surface area contributed by atoms with Crippen LogP contribution in [0.15, 0.2) is 47.1 Å². The van der Waals surface area contributed by atoms with Crippen molar-refractivity contribution >= 4 is 29.8 Å². The minimum Gasteiger partial charge on any atom is -0.358 e. The van der Waals surface area contributed by atoms with Crippen LogP contribution in [0.5, 0.6) is 0 Å². The highest BCUT2D eigenvalue weighted by Gasteiger charge is 2.32. The van der Waals surface area contributed by atoms with E-state index >= 15 is 0 Å². The number of nitrogens with one attached hydrogen (secondary N) is 2. The summed E-state index contributed by atoms with van der Waals surface area (Å²) in [5.74, 6) is 3.53. The average Bonchev–Trinajstić information content (AvgIpc) is 3.70. The third-order valence-corrected chi connectivity index (χ3v) is 6.74. The smallest absolute Gasteiger partial charge is 0.229 e. The van der Waals surface area contributed by atoms with Gasteiger partial charge in [-0.05, 0) is 31.9 Å². The van der Waals surface area contributed by atoms with Crippen LogP contribution in [0.3, 0.4) is 0 Å². The van der Waals surface area contributed by atoms with Crippen LogP contribution in [0.2, 0.25) is 0 Å². The molecule has 2 aliphatic heterocycles. The molecule has 2 fully saturated rings. The molecule has 2 saturated heterocycles. The highest BCUT2D eigenvalue weighted by Crippen LogP contribution is 2.37. The van der Waals surface area contributed by atoms with Crippen molar-refractivity contribution in [3.05, 3.63) is 54.0 Å². The number of carbonyl (C=O) groups excluding carboxylic acids is 1. The van der Waals surface area contributed by atoms with Gasteiger partial charge in [-0.3, -0.25) is 14.9 Å². The second kappa shape index (κ2) is 9.88. The fourth-order valence-corrected chi connectivity index (χ4v) is 4.83. The van der Waals surface area contributed by atoms with Gasteiger partial charge in [0.25, 0.3) is 0 Å². The molecule has 0 unspecified atom stereocenters. The van der Waals surface area contributed by atoms with E-state index in [4.69, 9.17) is 14.5 Å². The third-order valence-electron chi connectivity index (χ3n) is 6.74. The number of hydrogen-bond donors (Lipinski definition) is 2. The molecule has 0 bridgehead atoms. The summed E-state index contributed by atoms with van der Waals surface area (Å²) in [6, 6.07) is 11.5. The summed E-state index contributed by atoms with van der Waals surface area (Å²) in [6.45, 7) is 5.47. The quantitative estimate of drug-likeness (QED) is 0.365. The SMILES string of the molecule is Cc1cc(Nc2cc(N3CCN(C=O)CC3)nc(N3CCC[C@H]3c3cc(-c4ccccn4)no3)n2)n[nH]1. The summed E-state index contributed by atoms with van der Waals surface area (Å²) in [5, 5.41) is 14.8. The number of aryl methyl sites for hydroxylation is 1. The topological polar surface area (TPSA) is 132 Å². The third kappa shape index (κ3) is 4.82. The van der Waals surface area contributed by atoms with Gasteiger partial charge in [0.15, 0.2) is 11.6 Å². The summed E-state index contributed by atoms with van der Waals surface area (Å²) in [4.78, 5) is 31.6. The summed E-state index contributed by atoms with van der Waals surface area (Å²) in [7, 11) is 0. The number of H-pyrrole nitrogens is 1. The minimum absolute atomic E-state index is 0.0346. The number of hydrogen-bond acceptors (Lipinski definition) is 10. The standard InChI is InChI=1S/C25H28N10O2/c1-17-13-23(31-30-17)27-22-15-24(34-11-9-33(16-36)10-12-34)29-25(28-22)35-8-4-6-20(35)21-14-19(32-37-21)18-5-2-3-7-26-18/h2-3,5,7,13-16,20H,4,6,8-12H2,1H3,(H2,27,28,29,30,31)/t20-/m0/s1. The maximum Gasteiger partial charge on any atom is 0.229 e. The predicted molar refractivity (Wildman–Crippen MR) is 138 cm³/mol. The number of piperazine rings is 1. The van der Waals surface area contributed by atoms with Crippen LogP contribution in [0.25, 0.3) is 11.4 Å². The molecule has 0 saturated carbocycles. The number of rotatable bonds is 7. The zero-order chi connectivity index (χ0) is 25.2. The highest BCUT2D eigenvalue weighted by molar-refractivity contribution is 5.61. The van der Waals surface area contributed by atoms with Gasteiger partial charge in [-0.2, -0.15) is 15.1 Å². The van der Waals surface area contributed by atoms with Crippen molar-refractivity contribution in [2.45, 2.75) is 25.8 Å². The van der Waals surface area contributed by atoms with Crippen molar-refractivity contribution in [1.29, 1.82) is 0 Å². The molecule has 12 nitrogen and oxygen atoms in total. The molecular weight excluding hydrogens is 472 g/mol. The normalized spacial score (nSPS) is 17.9. The van der Waals surface area contributed by atoms with Gasteiger partial charge in [0.05, 0.1) is 11.7 Å². The second-order valence-corrected chi connectivity index (χ2v) is 9.28. The Morgan fingerprint density at radius 1 is 1.05 bits per heavy atom. The molecule has 0 aromatic carbocycles. The largest absolute Gasteiger partial charge is 0.358 e. The van der Waals surface area contributed by atoms with Crippen molar-refractivity contribution in [1.82, 2.24) is 35.2 Å². The Hall–Kier alpha value is -4.48. The Bertz CT molecular complexity index is 1360. The van der Waals surface area contributed by atoms with Crippen LogP contribution >= 0.6 is 0 Å². The lowest BCUT2D eigenvalue weighted by molar-refractivity contribution is -0.118. The van der Waals surface area contributed by atoms with Gasteiger partial charge in [-0.25, -0.2) is 0 Å². The van der Waals surface area contributed by atoms with E-state index < -0.39 is 0 Å². The van der Waals surface area contributed by atoms with Gasteiger partial charge in [-0.1, -0.05) is 11.2 Å². The first-order valence-electron chi connectivity index (χ1n) is 12.4. The van der Waals surface area contributed by atoms with E-state index in [1.807, 2.05) is 43.3 Å². The van der Waals surface area contributed by atoms with Gasteiger partial charge >= 0.3 is 0 Å². The van der Waals surface area contributed by atoms with Crippen molar-refractivity contribution in [2.75, 3.05) is 47.8 Å².